The second-order valence-electron chi connectivity index (χ2n) is 7.35. The summed E-state index contributed by atoms with van der Waals surface area (Å²) >= 11 is 0. The lowest BCUT2D eigenvalue weighted by Gasteiger charge is -2.28. The van der Waals surface area contributed by atoms with Crippen LogP contribution in [0.5, 0.6) is 0 Å². The van der Waals surface area contributed by atoms with Gasteiger partial charge in [0, 0.05) is 48.4 Å². The molecule has 0 bridgehead atoms. The number of sulfonamides is 1. The minimum atomic E-state index is -3.88. The number of aryl methyl sites for hydroxylation is 1. The van der Waals surface area contributed by atoms with Crippen LogP contribution >= 0.6 is 0 Å². The number of ether oxygens (including phenoxy) is 1. The first-order chi connectivity index (χ1) is 15.8. The van der Waals surface area contributed by atoms with E-state index in [-0.39, 0.29) is 10.6 Å². The lowest BCUT2D eigenvalue weighted by molar-refractivity contribution is -0.384. The van der Waals surface area contributed by atoms with E-state index >= 15 is 0 Å². The highest BCUT2D eigenvalue weighted by atomic mass is 32.2. The van der Waals surface area contributed by atoms with Crippen molar-refractivity contribution in [3.63, 3.8) is 0 Å². The second-order valence-corrected chi connectivity index (χ2v) is 9.03. The van der Waals surface area contributed by atoms with Crippen LogP contribution in [0.15, 0.2) is 59.5 Å². The molecule has 172 valence electrons. The van der Waals surface area contributed by atoms with Gasteiger partial charge in [-0.25, -0.2) is 13.4 Å². The summed E-state index contributed by atoms with van der Waals surface area (Å²) in [6, 6.07) is 13.2. The SMILES string of the molecule is Cc1cc(N2CCOCC2)nc(Nc2ccc(NS(=O)(=O)c3ccc([N+](=O)[O-])cc3)cc2)n1. The zero-order valence-electron chi connectivity index (χ0n) is 17.8. The van der Waals surface area contributed by atoms with Gasteiger partial charge >= 0.3 is 0 Å². The van der Waals surface area contributed by atoms with E-state index in [0.717, 1.165) is 36.7 Å². The van der Waals surface area contributed by atoms with E-state index in [4.69, 9.17) is 4.74 Å². The molecule has 0 spiro atoms. The fourth-order valence-electron chi connectivity index (χ4n) is 3.27. The first kappa shape index (κ1) is 22.4. The molecule has 12 heteroatoms. The van der Waals surface area contributed by atoms with Crippen molar-refractivity contribution < 1.29 is 18.1 Å². The van der Waals surface area contributed by atoms with Crippen LogP contribution in [0.25, 0.3) is 0 Å². The average molecular weight is 471 g/mol. The van der Waals surface area contributed by atoms with Gasteiger partial charge in [0.25, 0.3) is 15.7 Å². The Morgan fingerprint density at radius 3 is 2.27 bits per heavy atom. The third-order valence-electron chi connectivity index (χ3n) is 4.93. The molecule has 0 aliphatic carbocycles. The van der Waals surface area contributed by atoms with Crippen molar-refractivity contribution in [1.82, 2.24) is 9.97 Å². The molecule has 3 aromatic rings. The van der Waals surface area contributed by atoms with Crippen molar-refractivity contribution in [3.05, 3.63) is 70.4 Å². The lowest BCUT2D eigenvalue weighted by atomic mass is 10.3. The number of hydrogen-bond donors (Lipinski definition) is 2. The molecular weight excluding hydrogens is 448 g/mol. The van der Waals surface area contributed by atoms with Crippen molar-refractivity contribution >= 4 is 38.9 Å². The Morgan fingerprint density at radius 2 is 1.64 bits per heavy atom. The molecule has 0 amide bonds. The second kappa shape index (κ2) is 9.38. The summed E-state index contributed by atoms with van der Waals surface area (Å²) in [6.07, 6.45) is 0. The number of rotatable bonds is 7. The predicted octanol–water partition coefficient (Wildman–Crippen LogP) is 3.07. The maximum Gasteiger partial charge on any atom is 0.269 e. The molecule has 1 aliphatic heterocycles. The van der Waals surface area contributed by atoms with Gasteiger partial charge in [0.15, 0.2) is 0 Å². The highest BCUT2D eigenvalue weighted by Gasteiger charge is 2.17. The molecule has 0 unspecified atom stereocenters. The van der Waals surface area contributed by atoms with Crippen LogP contribution in [0.1, 0.15) is 5.69 Å². The van der Waals surface area contributed by atoms with Gasteiger partial charge in [-0.05, 0) is 43.3 Å². The van der Waals surface area contributed by atoms with Crippen molar-refractivity contribution in [3.8, 4) is 0 Å². The molecule has 33 heavy (non-hydrogen) atoms. The molecule has 1 fully saturated rings. The minimum absolute atomic E-state index is 0.0703. The lowest BCUT2D eigenvalue weighted by Crippen LogP contribution is -2.36. The Morgan fingerprint density at radius 1 is 1.00 bits per heavy atom. The summed E-state index contributed by atoms with van der Waals surface area (Å²) in [5.74, 6) is 1.26. The monoisotopic (exact) mass is 470 g/mol. The van der Waals surface area contributed by atoms with Crippen molar-refractivity contribution in [2.75, 3.05) is 41.2 Å². The van der Waals surface area contributed by atoms with Gasteiger partial charge in [-0.3, -0.25) is 14.8 Å². The zero-order chi connectivity index (χ0) is 23.4. The van der Waals surface area contributed by atoms with Crippen molar-refractivity contribution in [2.45, 2.75) is 11.8 Å². The normalized spacial score (nSPS) is 14.0. The van der Waals surface area contributed by atoms with Crippen molar-refractivity contribution in [2.24, 2.45) is 0 Å². The fourth-order valence-corrected chi connectivity index (χ4v) is 4.33. The van der Waals surface area contributed by atoms with E-state index in [1.807, 2.05) is 13.0 Å². The summed E-state index contributed by atoms with van der Waals surface area (Å²) in [5, 5.41) is 13.9. The average Bonchev–Trinajstić information content (AvgIpc) is 2.80. The van der Waals surface area contributed by atoms with Gasteiger partial charge in [-0.1, -0.05) is 0 Å². The third-order valence-corrected chi connectivity index (χ3v) is 6.32. The predicted molar refractivity (Wildman–Crippen MR) is 123 cm³/mol. The molecular formula is C21H22N6O5S. The summed E-state index contributed by atoms with van der Waals surface area (Å²) in [4.78, 5) is 21.2. The molecule has 11 nitrogen and oxygen atoms in total. The van der Waals surface area contributed by atoms with E-state index in [1.165, 1.54) is 12.1 Å². The molecule has 2 N–H and O–H groups in total. The Labute approximate surface area is 190 Å². The van der Waals surface area contributed by atoms with Crippen molar-refractivity contribution in [1.29, 1.82) is 0 Å². The minimum Gasteiger partial charge on any atom is -0.378 e. The zero-order valence-corrected chi connectivity index (χ0v) is 18.6. The molecule has 2 heterocycles. The highest BCUT2D eigenvalue weighted by Crippen LogP contribution is 2.23. The van der Waals surface area contributed by atoms with E-state index < -0.39 is 14.9 Å². The van der Waals surface area contributed by atoms with Crippen LogP contribution in [0, 0.1) is 17.0 Å². The van der Waals surface area contributed by atoms with E-state index in [1.54, 1.807) is 24.3 Å². The number of nitro groups is 1. The van der Waals surface area contributed by atoms with Gasteiger partial charge in [0.1, 0.15) is 5.82 Å². The van der Waals surface area contributed by atoms with Crippen LogP contribution in [-0.2, 0) is 14.8 Å². The summed E-state index contributed by atoms with van der Waals surface area (Å²) < 4.78 is 33.0. The largest absolute Gasteiger partial charge is 0.378 e. The Balaban J connectivity index is 1.45. The molecule has 1 saturated heterocycles. The first-order valence-corrected chi connectivity index (χ1v) is 11.6. The molecule has 0 atom stereocenters. The quantitative estimate of drug-likeness (QED) is 0.394. The molecule has 0 radical (unpaired) electrons. The summed E-state index contributed by atoms with van der Waals surface area (Å²) in [5.41, 5.74) is 1.67. The number of aromatic nitrogens is 2. The number of non-ortho nitro benzene ring substituents is 1. The summed E-state index contributed by atoms with van der Waals surface area (Å²) in [7, 11) is -3.88. The van der Waals surface area contributed by atoms with E-state index in [0.29, 0.717) is 30.5 Å². The summed E-state index contributed by atoms with van der Waals surface area (Å²) in [6.45, 7) is 4.73. The Hall–Kier alpha value is -3.77. The van der Waals surface area contributed by atoms with Crippen LogP contribution in [-0.4, -0.2) is 49.6 Å². The molecule has 4 rings (SSSR count). The molecule has 1 aliphatic rings. The highest BCUT2D eigenvalue weighted by molar-refractivity contribution is 7.92. The number of benzene rings is 2. The fraction of sp³-hybridized carbons (Fsp3) is 0.238. The van der Waals surface area contributed by atoms with E-state index in [2.05, 4.69) is 24.9 Å². The number of anilines is 4. The van der Waals surface area contributed by atoms with Gasteiger partial charge in [0.05, 0.1) is 23.0 Å². The van der Waals surface area contributed by atoms with Crippen LogP contribution in [0.4, 0.5) is 28.8 Å². The Bertz CT molecular complexity index is 1240. The smallest absolute Gasteiger partial charge is 0.269 e. The van der Waals surface area contributed by atoms with Crippen LogP contribution < -0.4 is 14.9 Å². The standard InChI is InChI=1S/C21H22N6O5S/c1-15-14-20(26-10-12-32-13-11-26)24-21(22-15)23-16-2-4-17(5-3-16)25-33(30,31)19-8-6-18(7-9-19)27(28)29/h2-9,14,25H,10-13H2,1H3,(H,22,23,24). The number of morpholine rings is 1. The van der Waals surface area contributed by atoms with Crippen LogP contribution in [0.3, 0.4) is 0 Å². The third kappa shape index (κ3) is 5.54. The topological polar surface area (TPSA) is 140 Å². The van der Waals surface area contributed by atoms with Gasteiger partial charge in [0.2, 0.25) is 5.95 Å². The molecule has 2 aromatic carbocycles. The van der Waals surface area contributed by atoms with E-state index in [9.17, 15) is 18.5 Å². The van der Waals surface area contributed by atoms with Gasteiger partial charge in [-0.2, -0.15) is 4.98 Å². The number of nitro benzene ring substituents is 1. The molecule has 1 aromatic heterocycles. The first-order valence-electron chi connectivity index (χ1n) is 10.1. The number of hydrogen-bond acceptors (Lipinski definition) is 9. The van der Waals surface area contributed by atoms with Crippen LogP contribution in [0.2, 0.25) is 0 Å². The Kier molecular flexibility index (Phi) is 6.38. The maximum atomic E-state index is 12.6. The van der Waals surface area contributed by atoms with Gasteiger partial charge in [-0.15, -0.1) is 0 Å². The number of nitrogens with zero attached hydrogens (tertiary/aromatic N) is 4. The molecule has 0 saturated carbocycles. The maximum absolute atomic E-state index is 12.6. The number of nitrogens with one attached hydrogen (secondary N) is 2. The van der Waals surface area contributed by atoms with Gasteiger partial charge < -0.3 is 15.0 Å².